The first-order valence-corrected chi connectivity index (χ1v) is 8.76. The van der Waals surface area contributed by atoms with Crippen LogP contribution >= 0.6 is 11.6 Å². The molecule has 1 aromatic rings. The summed E-state index contributed by atoms with van der Waals surface area (Å²) in [5, 5.41) is 21.1. The second-order valence-electron chi connectivity index (χ2n) is 6.53. The highest BCUT2D eigenvalue weighted by Crippen LogP contribution is 2.23. The fourth-order valence-electron chi connectivity index (χ4n) is 3.48. The van der Waals surface area contributed by atoms with E-state index in [4.69, 9.17) is 16.3 Å². The first kappa shape index (κ1) is 18.0. The number of hydrogen-bond acceptors (Lipinski definition) is 5. The lowest BCUT2D eigenvalue weighted by Crippen LogP contribution is -2.55. The summed E-state index contributed by atoms with van der Waals surface area (Å²) in [6.07, 6.45) is -1.02. The van der Waals surface area contributed by atoms with Gasteiger partial charge in [-0.1, -0.05) is 17.7 Å². The molecule has 2 heterocycles. The number of aliphatic hydroxyl groups excluding tert-OH is 2. The van der Waals surface area contributed by atoms with Crippen LogP contribution in [0.15, 0.2) is 18.2 Å². The minimum Gasteiger partial charge on any atom is -0.390 e. The Morgan fingerprint density at radius 3 is 2.67 bits per heavy atom. The second kappa shape index (κ2) is 8.08. The van der Waals surface area contributed by atoms with Crippen molar-refractivity contribution in [3.05, 3.63) is 34.6 Å². The van der Waals surface area contributed by atoms with Crippen molar-refractivity contribution in [1.82, 2.24) is 9.80 Å². The molecule has 3 atom stereocenters. The van der Waals surface area contributed by atoms with E-state index in [1.54, 1.807) is 6.07 Å². The standard InChI is InChI=1S/C17H24ClFN2O3/c18-14-9-13(19)2-1-12(14)10-20-4-3-16(22)17(23)15(11-20)21-5-7-24-8-6-21/h1-2,9,15-17,22-23H,3-8,10-11H2/t15-,16-,17+/m1/s1. The molecule has 7 heteroatoms. The van der Waals surface area contributed by atoms with Gasteiger partial charge in [0.05, 0.1) is 31.5 Å². The number of benzene rings is 1. The third kappa shape index (κ3) is 4.25. The number of ether oxygens (including phenoxy) is 1. The van der Waals surface area contributed by atoms with E-state index in [0.717, 1.165) is 18.7 Å². The molecule has 2 aliphatic rings. The third-order valence-corrected chi connectivity index (χ3v) is 5.25. The maximum atomic E-state index is 13.2. The second-order valence-corrected chi connectivity index (χ2v) is 6.94. The molecule has 0 spiro atoms. The molecule has 0 radical (unpaired) electrons. The lowest BCUT2D eigenvalue weighted by atomic mass is 10.0. The summed E-state index contributed by atoms with van der Waals surface area (Å²) in [4.78, 5) is 4.35. The van der Waals surface area contributed by atoms with Crippen molar-refractivity contribution in [2.45, 2.75) is 31.2 Å². The third-order valence-electron chi connectivity index (χ3n) is 4.90. The predicted molar refractivity (Wildman–Crippen MR) is 89.5 cm³/mol. The topological polar surface area (TPSA) is 56.2 Å². The van der Waals surface area contributed by atoms with Crippen molar-refractivity contribution in [3.8, 4) is 0 Å². The van der Waals surface area contributed by atoms with Crippen LogP contribution in [0, 0.1) is 5.82 Å². The monoisotopic (exact) mass is 358 g/mol. The van der Waals surface area contributed by atoms with Crippen molar-refractivity contribution < 1.29 is 19.3 Å². The van der Waals surface area contributed by atoms with Gasteiger partial charge in [-0.2, -0.15) is 0 Å². The van der Waals surface area contributed by atoms with E-state index < -0.39 is 12.2 Å². The van der Waals surface area contributed by atoms with Crippen LogP contribution in [-0.2, 0) is 11.3 Å². The molecule has 24 heavy (non-hydrogen) atoms. The highest BCUT2D eigenvalue weighted by Gasteiger charge is 2.36. The van der Waals surface area contributed by atoms with Gasteiger partial charge in [-0.15, -0.1) is 0 Å². The molecule has 0 saturated carbocycles. The van der Waals surface area contributed by atoms with Gasteiger partial charge in [0, 0.05) is 37.7 Å². The summed E-state index contributed by atoms with van der Waals surface area (Å²) in [6, 6.07) is 4.27. The molecule has 0 aliphatic carbocycles. The summed E-state index contributed by atoms with van der Waals surface area (Å²) < 4.78 is 18.6. The van der Waals surface area contributed by atoms with E-state index in [0.29, 0.717) is 44.3 Å². The molecular formula is C17H24ClFN2O3. The SMILES string of the molecule is O[C@@H]1[C@H](O)CCN(Cc2ccc(F)cc2Cl)C[C@H]1N1CCOCC1. The zero-order chi connectivity index (χ0) is 17.1. The molecule has 0 unspecified atom stereocenters. The smallest absolute Gasteiger partial charge is 0.124 e. The van der Waals surface area contributed by atoms with E-state index in [1.807, 2.05) is 0 Å². The largest absolute Gasteiger partial charge is 0.390 e. The Hall–Kier alpha value is -0.760. The first-order chi connectivity index (χ1) is 11.5. The van der Waals surface area contributed by atoms with E-state index >= 15 is 0 Å². The molecule has 3 rings (SSSR count). The molecule has 134 valence electrons. The average molecular weight is 359 g/mol. The summed E-state index contributed by atoms with van der Waals surface area (Å²) in [6.45, 7) is 4.64. The van der Waals surface area contributed by atoms with Crippen LogP contribution in [0.5, 0.6) is 0 Å². The Kier molecular flexibility index (Phi) is 6.07. The average Bonchev–Trinajstić information content (AvgIpc) is 2.72. The highest BCUT2D eigenvalue weighted by molar-refractivity contribution is 6.31. The van der Waals surface area contributed by atoms with Crippen LogP contribution in [0.3, 0.4) is 0 Å². The summed E-state index contributed by atoms with van der Waals surface area (Å²) >= 11 is 6.14. The lowest BCUT2D eigenvalue weighted by Gasteiger charge is -2.38. The minimum absolute atomic E-state index is 0.148. The highest BCUT2D eigenvalue weighted by atomic mass is 35.5. The lowest BCUT2D eigenvalue weighted by molar-refractivity contribution is -0.0618. The number of hydrogen-bond donors (Lipinski definition) is 2. The van der Waals surface area contributed by atoms with Gasteiger partial charge < -0.3 is 14.9 Å². The molecule has 0 amide bonds. The van der Waals surface area contributed by atoms with Gasteiger partial charge in [0.1, 0.15) is 5.82 Å². The van der Waals surface area contributed by atoms with Crippen molar-refractivity contribution in [1.29, 1.82) is 0 Å². The van der Waals surface area contributed by atoms with E-state index in [-0.39, 0.29) is 11.9 Å². The van der Waals surface area contributed by atoms with Gasteiger partial charge in [0.25, 0.3) is 0 Å². The fraction of sp³-hybridized carbons (Fsp3) is 0.647. The van der Waals surface area contributed by atoms with Crippen LogP contribution in [0.4, 0.5) is 4.39 Å². The molecule has 5 nitrogen and oxygen atoms in total. The number of nitrogens with zero attached hydrogens (tertiary/aromatic N) is 2. The number of likely N-dealkylation sites (tertiary alicyclic amines) is 1. The van der Waals surface area contributed by atoms with Gasteiger partial charge in [-0.25, -0.2) is 4.39 Å². The van der Waals surface area contributed by atoms with Gasteiger partial charge >= 0.3 is 0 Å². The van der Waals surface area contributed by atoms with Crippen LogP contribution in [0.2, 0.25) is 5.02 Å². The Labute approximate surface area is 146 Å². The Bertz CT molecular complexity index is 557. The number of halogens is 2. The maximum absolute atomic E-state index is 13.2. The normalized spacial score (nSPS) is 30.2. The van der Waals surface area contributed by atoms with Crippen LogP contribution < -0.4 is 0 Å². The van der Waals surface area contributed by atoms with Gasteiger partial charge in [0.15, 0.2) is 0 Å². The van der Waals surface area contributed by atoms with Crippen LogP contribution in [0.1, 0.15) is 12.0 Å². The molecule has 2 aliphatic heterocycles. The van der Waals surface area contributed by atoms with Crippen molar-refractivity contribution in [3.63, 3.8) is 0 Å². The summed E-state index contributed by atoms with van der Waals surface area (Å²) in [7, 11) is 0. The van der Waals surface area contributed by atoms with Gasteiger partial charge in [-0.3, -0.25) is 9.80 Å². The van der Waals surface area contributed by atoms with E-state index in [1.165, 1.54) is 12.1 Å². The first-order valence-electron chi connectivity index (χ1n) is 8.39. The molecule has 2 saturated heterocycles. The molecule has 2 N–H and O–H groups in total. The quantitative estimate of drug-likeness (QED) is 0.847. The zero-order valence-corrected chi connectivity index (χ0v) is 14.3. The van der Waals surface area contributed by atoms with Crippen LogP contribution in [-0.4, -0.2) is 77.7 Å². The fourth-order valence-corrected chi connectivity index (χ4v) is 3.71. The Balaban J connectivity index is 1.73. The molecular weight excluding hydrogens is 335 g/mol. The van der Waals surface area contributed by atoms with E-state index in [2.05, 4.69) is 9.80 Å². The van der Waals surface area contributed by atoms with Gasteiger partial charge in [-0.05, 0) is 24.1 Å². The summed E-state index contributed by atoms with van der Waals surface area (Å²) in [5.74, 6) is -0.350. The predicted octanol–water partition coefficient (Wildman–Crippen LogP) is 1.11. The molecule has 2 fully saturated rings. The number of aliphatic hydroxyl groups is 2. The van der Waals surface area contributed by atoms with Crippen molar-refractivity contribution in [2.24, 2.45) is 0 Å². The minimum atomic E-state index is -0.781. The van der Waals surface area contributed by atoms with Gasteiger partial charge in [0.2, 0.25) is 0 Å². The van der Waals surface area contributed by atoms with Crippen molar-refractivity contribution >= 4 is 11.6 Å². The Morgan fingerprint density at radius 1 is 1.21 bits per heavy atom. The number of rotatable bonds is 3. The zero-order valence-electron chi connectivity index (χ0n) is 13.6. The Morgan fingerprint density at radius 2 is 1.96 bits per heavy atom. The molecule has 1 aromatic carbocycles. The van der Waals surface area contributed by atoms with Crippen LogP contribution in [0.25, 0.3) is 0 Å². The molecule has 0 aromatic heterocycles. The van der Waals surface area contributed by atoms with E-state index in [9.17, 15) is 14.6 Å². The summed E-state index contributed by atoms with van der Waals surface area (Å²) in [5.41, 5.74) is 0.852. The van der Waals surface area contributed by atoms with Crippen molar-refractivity contribution in [2.75, 3.05) is 39.4 Å². The number of morpholine rings is 1. The molecule has 0 bridgehead atoms. The maximum Gasteiger partial charge on any atom is 0.124 e.